The zero-order valence-corrected chi connectivity index (χ0v) is 81.7. The molecule has 0 aliphatic carbocycles. The molecule has 0 bridgehead atoms. The van der Waals surface area contributed by atoms with Crippen LogP contribution in [0.3, 0.4) is 0 Å². The van der Waals surface area contributed by atoms with Crippen molar-refractivity contribution in [2.45, 2.75) is 0 Å². The third-order valence-electron chi connectivity index (χ3n) is 25.8. The largest absolute Gasteiger partial charge is 2.00 e. The van der Waals surface area contributed by atoms with E-state index < -0.39 is 0 Å². The summed E-state index contributed by atoms with van der Waals surface area (Å²) < 4.78 is 33.7. The molecule has 19 nitrogen and oxygen atoms in total. The summed E-state index contributed by atoms with van der Waals surface area (Å²) in [6.45, 7) is 0. The van der Waals surface area contributed by atoms with Gasteiger partial charge in [0, 0.05) is 78.9 Å². The van der Waals surface area contributed by atoms with Crippen LogP contribution in [0.15, 0.2) is 438 Å². The fraction of sp³-hybridized carbons (Fsp3) is 0. The van der Waals surface area contributed by atoms with E-state index in [1.54, 1.807) is 12.4 Å². The topological polar surface area (TPSA) is 149 Å². The molecule has 0 fully saturated rings. The number of para-hydroxylation sites is 13. The number of fused-ring (bicyclic) bond motifs is 18. The van der Waals surface area contributed by atoms with Crippen molar-refractivity contribution in [3.05, 3.63) is 474 Å². The first-order valence-corrected chi connectivity index (χ1v) is 45.7. The Hall–Kier alpha value is -17.3. The molecule has 22 heteroatoms. The number of anilines is 9. The van der Waals surface area contributed by atoms with Gasteiger partial charge in [0.05, 0.1) is 116 Å². The van der Waals surface area contributed by atoms with Crippen molar-refractivity contribution < 1.29 is 77.4 Å². The van der Waals surface area contributed by atoms with E-state index in [0.717, 1.165) is 192 Å². The maximum atomic E-state index is 6.46. The molecule has 0 unspecified atom stereocenters. The van der Waals surface area contributed by atoms with E-state index in [0.29, 0.717) is 11.5 Å². The van der Waals surface area contributed by atoms with E-state index in [9.17, 15) is 0 Å². The second-order valence-corrected chi connectivity index (χ2v) is 33.9. The maximum absolute atomic E-state index is 6.46. The van der Waals surface area contributed by atoms with Gasteiger partial charge in [-0.2, -0.15) is 27.4 Å². The predicted octanol–water partition coefficient (Wildman–Crippen LogP) is 29.0. The minimum atomic E-state index is 0. The third-order valence-corrected chi connectivity index (χ3v) is 25.8. The number of benzene rings is 16. The first-order valence-electron chi connectivity index (χ1n) is 45.7. The number of rotatable bonds is 12. The number of aromatic nitrogens is 13. The molecule has 0 amide bonds. The summed E-state index contributed by atoms with van der Waals surface area (Å²) in [4.78, 5) is 20.3. The van der Waals surface area contributed by atoms with Crippen LogP contribution in [0.2, 0.25) is 0 Å². The Bertz CT molecular complexity index is 9120. The van der Waals surface area contributed by atoms with Crippen molar-refractivity contribution in [3.63, 3.8) is 0 Å². The van der Waals surface area contributed by atoms with Crippen molar-refractivity contribution in [2.75, 3.05) is 14.7 Å². The molecule has 680 valence electrons. The molecule has 0 N–H and O–H groups in total. The molecule has 142 heavy (non-hydrogen) atoms. The third kappa shape index (κ3) is 15.0. The molecule has 0 radical (unpaired) electrons. The molecule has 26 aromatic rings. The first kappa shape index (κ1) is 87.4. The Labute approximate surface area is 857 Å². The fourth-order valence-corrected chi connectivity index (χ4v) is 19.7. The zero-order chi connectivity index (χ0) is 91.5. The van der Waals surface area contributed by atoms with E-state index in [1.165, 1.54) is 32.3 Å². The predicted molar refractivity (Wildman–Crippen MR) is 550 cm³/mol. The van der Waals surface area contributed by atoms with Crippen LogP contribution in [0.4, 0.5) is 51.2 Å². The molecule has 10 aromatic heterocycles. The zero-order valence-electron chi connectivity index (χ0n) is 74.9. The standard InChI is InChI=1S/C44H26N6O.2C38H23N5O.3Pt/c1-4-17-37-33(13-1)34-14-2-5-18-38(34)49(37)32-27-46-47(28-32)29-22-23-43-41(26-29)48(40-20-7-8-21-42(40)51-43)30-11-9-12-31(25-30)50-39-19-6-3-15-35(39)36-16-10-24-45-44(36)50;1-3-15-33-30(12-1)31-13-2-4-16-34(31)43(33)29-24-40-41(25-29)27-10-9-11-28(23-27)42-35-17-5-6-18-37(35)44-38-20-19-26(22-36(38)42)32-14-7-8-21-39-32;1-3-15-33-30(12-1)31-13-2-4-16-34(31)43(33)29-24-40-41(25-29)27-19-20-38-36(23-27)42(35-17-5-6-18-37(35)44-38)28-11-9-10-26(22-28)32-14-7-8-21-39-32;;;/h1-24,27-28H;2*1-21,24-25H;;;/q3*-2;3*+2. The van der Waals surface area contributed by atoms with Gasteiger partial charge in [-0.1, -0.05) is 205 Å². The van der Waals surface area contributed by atoms with Gasteiger partial charge in [-0.25, -0.2) is 4.98 Å². The molecule has 29 rings (SSSR count). The Kier molecular flexibility index (Phi) is 22.5. The first-order chi connectivity index (χ1) is 68.9. The summed E-state index contributed by atoms with van der Waals surface area (Å²) >= 11 is 0. The van der Waals surface area contributed by atoms with E-state index in [4.69, 9.17) is 34.5 Å². The van der Waals surface area contributed by atoms with Gasteiger partial charge in [-0.3, -0.25) is 14.0 Å². The van der Waals surface area contributed by atoms with Crippen LogP contribution < -0.4 is 28.9 Å². The Balaban J connectivity index is 0.000000114. The smallest absolute Gasteiger partial charge is 0.513 e. The van der Waals surface area contributed by atoms with Gasteiger partial charge in [0.15, 0.2) is 0 Å². The second kappa shape index (κ2) is 36.5. The summed E-state index contributed by atoms with van der Waals surface area (Å²) in [6, 6.07) is 152. The maximum Gasteiger partial charge on any atom is 2.00 e. The molecular weight excluding hydrogens is 2300 g/mol. The number of hydrogen-bond donors (Lipinski definition) is 0. The van der Waals surface area contributed by atoms with Crippen LogP contribution in [0.5, 0.6) is 34.5 Å². The quantitative estimate of drug-likeness (QED) is 0.107. The fourth-order valence-electron chi connectivity index (χ4n) is 19.7. The summed E-state index contributed by atoms with van der Waals surface area (Å²) in [5.41, 5.74) is 26.2. The van der Waals surface area contributed by atoms with Gasteiger partial charge in [-0.05, 0) is 149 Å². The van der Waals surface area contributed by atoms with Gasteiger partial charge in [-0.15, -0.1) is 126 Å². The van der Waals surface area contributed by atoms with Crippen molar-refractivity contribution in [1.82, 2.24) is 62.6 Å². The van der Waals surface area contributed by atoms with Crippen molar-refractivity contribution in [2.24, 2.45) is 0 Å². The average molecular weight is 2370 g/mol. The second-order valence-electron chi connectivity index (χ2n) is 33.9. The number of pyridine rings is 3. The molecule has 0 saturated heterocycles. The van der Waals surface area contributed by atoms with Crippen molar-refractivity contribution in [1.29, 1.82) is 0 Å². The van der Waals surface area contributed by atoms with Crippen molar-refractivity contribution in [3.8, 4) is 96.8 Å². The molecule has 0 spiro atoms. The van der Waals surface area contributed by atoms with E-state index in [1.807, 2.05) is 227 Å². The summed E-state index contributed by atoms with van der Waals surface area (Å²) in [5, 5.41) is 24.0. The molecule has 3 aliphatic rings. The summed E-state index contributed by atoms with van der Waals surface area (Å²) in [7, 11) is 0. The van der Waals surface area contributed by atoms with Gasteiger partial charge in [0.2, 0.25) is 0 Å². The SMILES string of the molecule is [Pt+2].[Pt+2].[Pt+2].[c-]1c(-c2ccccn2)cccc1N1c2[c-]c(-n3cc(-n4c5ccccc5c5ccccc54)cn3)ccc2Oc2ccccc21.[c-]1c(N2c3[c-]c(-c4ccccn4)ccc3Oc3ccccc32)cccc1-n1cc(-n2c3ccccc3c3ccccc32)cn1.[c-]1c(N2c3[c-]c(-n4cc(-n5c6ccccc6c6ccccc65)cn4)ccc3Oc3ccccc32)cccc1-n1c2ccccc2c2cccnc21. The number of hydrogen-bond acceptors (Lipinski definition) is 12. The Morgan fingerprint density at radius 1 is 0.204 bits per heavy atom. The summed E-state index contributed by atoms with van der Waals surface area (Å²) in [6.07, 6.45) is 17.3. The van der Waals surface area contributed by atoms with Crippen LogP contribution >= 0.6 is 0 Å². The molecular formula is C120H72N16O3Pt3. The monoisotopic (exact) mass is 2370 g/mol. The normalized spacial score (nSPS) is 12.0. The van der Waals surface area contributed by atoms with Gasteiger partial charge < -0.3 is 57.1 Å². The van der Waals surface area contributed by atoms with E-state index >= 15 is 0 Å². The van der Waals surface area contributed by atoms with Crippen LogP contribution in [0.25, 0.3) is 150 Å². The van der Waals surface area contributed by atoms with Crippen LogP contribution in [0.1, 0.15) is 0 Å². The number of ether oxygens (including phenoxy) is 3. The molecule has 13 heterocycles. The minimum absolute atomic E-state index is 0. The molecule has 3 aliphatic heterocycles. The van der Waals surface area contributed by atoms with Gasteiger partial charge >= 0.3 is 63.2 Å². The Morgan fingerprint density at radius 2 is 0.507 bits per heavy atom. The van der Waals surface area contributed by atoms with Crippen molar-refractivity contribution >= 4 is 139 Å². The van der Waals surface area contributed by atoms with E-state index in [-0.39, 0.29) is 63.2 Å². The minimum Gasteiger partial charge on any atom is -0.513 e. The summed E-state index contributed by atoms with van der Waals surface area (Å²) in [5.74, 6) is 4.42. The van der Waals surface area contributed by atoms with Crippen LogP contribution in [0, 0.1) is 36.4 Å². The van der Waals surface area contributed by atoms with Gasteiger partial charge in [0.25, 0.3) is 0 Å². The molecule has 0 atom stereocenters. The van der Waals surface area contributed by atoms with Gasteiger partial charge in [0.1, 0.15) is 22.9 Å². The molecule has 0 saturated carbocycles. The average Bonchev–Trinajstić information content (AvgIpc) is 1.38. The van der Waals surface area contributed by atoms with Crippen LogP contribution in [-0.2, 0) is 63.2 Å². The number of nitrogens with zero attached hydrogens (tertiary/aromatic N) is 16. The molecule has 16 aromatic carbocycles. The van der Waals surface area contributed by atoms with Crippen LogP contribution in [-0.4, -0.2) is 62.6 Å². The van der Waals surface area contributed by atoms with E-state index in [2.05, 4.69) is 292 Å². The Morgan fingerprint density at radius 3 is 0.915 bits per heavy atom.